The van der Waals surface area contributed by atoms with Crippen molar-refractivity contribution >= 4 is 32.9 Å². The van der Waals surface area contributed by atoms with Gasteiger partial charge in [-0.3, -0.25) is 4.57 Å². The van der Waals surface area contributed by atoms with E-state index in [0.717, 1.165) is 28.2 Å². The molecule has 1 heterocycles. The van der Waals surface area contributed by atoms with E-state index in [0.29, 0.717) is 6.04 Å². The summed E-state index contributed by atoms with van der Waals surface area (Å²) < 4.78 is 2.74. The molecular weight excluding hydrogens is 304 g/mol. The van der Waals surface area contributed by atoms with Crippen molar-refractivity contribution in [1.29, 1.82) is 0 Å². The van der Waals surface area contributed by atoms with Gasteiger partial charge in [0.1, 0.15) is 0 Å². The molecule has 1 aliphatic rings. The van der Waals surface area contributed by atoms with Crippen molar-refractivity contribution in [1.82, 2.24) is 9.88 Å². The van der Waals surface area contributed by atoms with Crippen LogP contribution >= 0.6 is 15.9 Å². The number of nitrogens with one attached hydrogen (secondary N) is 1. The Balaban J connectivity index is 1.81. The van der Waals surface area contributed by atoms with E-state index in [9.17, 15) is 4.79 Å². The van der Waals surface area contributed by atoms with Crippen LogP contribution in [0.15, 0.2) is 34.9 Å². The smallest absolute Gasteiger partial charge is 0.326 e. The highest BCUT2D eigenvalue weighted by Gasteiger charge is 2.17. The van der Waals surface area contributed by atoms with Gasteiger partial charge in [0.25, 0.3) is 0 Å². The van der Waals surface area contributed by atoms with Crippen LogP contribution in [0.1, 0.15) is 32.1 Å². The number of amides is 1. The Bertz CT molecular complexity index is 599. The van der Waals surface area contributed by atoms with Crippen molar-refractivity contribution in [2.24, 2.45) is 0 Å². The zero-order valence-electron chi connectivity index (χ0n) is 10.7. The number of benzene rings is 1. The van der Waals surface area contributed by atoms with E-state index in [2.05, 4.69) is 21.2 Å². The van der Waals surface area contributed by atoms with E-state index in [-0.39, 0.29) is 6.03 Å². The van der Waals surface area contributed by atoms with Crippen LogP contribution in [0.2, 0.25) is 0 Å². The van der Waals surface area contributed by atoms with Gasteiger partial charge in [0.2, 0.25) is 0 Å². The predicted octanol–water partition coefficient (Wildman–Crippen LogP) is 4.29. The monoisotopic (exact) mass is 320 g/mol. The molecule has 1 N–H and O–H groups in total. The number of carbonyl (C=O) groups excluding carboxylic acids is 1. The van der Waals surface area contributed by atoms with Crippen molar-refractivity contribution in [3.05, 3.63) is 34.9 Å². The summed E-state index contributed by atoms with van der Waals surface area (Å²) in [4.78, 5) is 12.3. The highest BCUT2D eigenvalue weighted by atomic mass is 79.9. The average molecular weight is 321 g/mol. The summed E-state index contributed by atoms with van der Waals surface area (Å²) in [7, 11) is 0. The molecule has 19 heavy (non-hydrogen) atoms. The molecule has 1 aromatic carbocycles. The SMILES string of the molecule is O=C(NC1CCCCC1)n1ccc2cc(Br)ccc21. The first-order valence-corrected chi connectivity index (χ1v) is 7.61. The zero-order chi connectivity index (χ0) is 13.2. The molecule has 2 aromatic rings. The largest absolute Gasteiger partial charge is 0.335 e. The first-order chi connectivity index (χ1) is 9.24. The third-order valence-corrected chi connectivity index (χ3v) is 4.30. The highest BCUT2D eigenvalue weighted by Crippen LogP contribution is 2.21. The van der Waals surface area contributed by atoms with Crippen LogP contribution in [0, 0.1) is 0 Å². The number of aromatic nitrogens is 1. The molecule has 0 bridgehead atoms. The number of hydrogen-bond donors (Lipinski definition) is 1. The van der Waals surface area contributed by atoms with Gasteiger partial charge in [-0.2, -0.15) is 0 Å². The lowest BCUT2D eigenvalue weighted by molar-refractivity contribution is 0.235. The minimum absolute atomic E-state index is 0.00998. The molecule has 3 rings (SSSR count). The van der Waals surface area contributed by atoms with Crippen LogP contribution in [-0.4, -0.2) is 16.6 Å². The fourth-order valence-electron chi connectivity index (χ4n) is 2.78. The van der Waals surface area contributed by atoms with Gasteiger partial charge < -0.3 is 5.32 Å². The highest BCUT2D eigenvalue weighted by molar-refractivity contribution is 9.10. The molecule has 1 saturated carbocycles. The van der Waals surface area contributed by atoms with Gasteiger partial charge in [-0.25, -0.2) is 4.79 Å². The van der Waals surface area contributed by atoms with Gasteiger partial charge in [0.05, 0.1) is 5.52 Å². The minimum atomic E-state index is -0.00998. The predicted molar refractivity (Wildman–Crippen MR) is 80.4 cm³/mol. The molecule has 100 valence electrons. The van der Waals surface area contributed by atoms with E-state index in [4.69, 9.17) is 0 Å². The number of carbonyl (C=O) groups is 1. The lowest BCUT2D eigenvalue weighted by Crippen LogP contribution is -2.38. The summed E-state index contributed by atoms with van der Waals surface area (Å²) in [6, 6.07) is 8.27. The van der Waals surface area contributed by atoms with Gasteiger partial charge in [0.15, 0.2) is 0 Å². The second-order valence-corrected chi connectivity index (χ2v) is 6.09. The van der Waals surface area contributed by atoms with Gasteiger partial charge in [-0.05, 0) is 37.1 Å². The first kappa shape index (κ1) is 12.7. The zero-order valence-corrected chi connectivity index (χ0v) is 12.3. The standard InChI is InChI=1S/C15H17BrN2O/c16-12-6-7-14-11(10-12)8-9-18(14)15(19)17-13-4-2-1-3-5-13/h6-10,13H,1-5H2,(H,17,19). The maximum atomic E-state index is 12.3. The van der Waals surface area contributed by atoms with Crippen LogP contribution in [0.5, 0.6) is 0 Å². The third kappa shape index (κ3) is 2.68. The van der Waals surface area contributed by atoms with Crippen molar-refractivity contribution in [3.8, 4) is 0 Å². The molecular formula is C15H17BrN2O. The second-order valence-electron chi connectivity index (χ2n) is 5.17. The lowest BCUT2D eigenvalue weighted by atomic mass is 9.96. The maximum Gasteiger partial charge on any atom is 0.326 e. The van der Waals surface area contributed by atoms with Crippen molar-refractivity contribution in [2.45, 2.75) is 38.1 Å². The third-order valence-electron chi connectivity index (χ3n) is 3.80. The Hall–Kier alpha value is -1.29. The molecule has 4 heteroatoms. The van der Waals surface area contributed by atoms with Crippen molar-refractivity contribution in [3.63, 3.8) is 0 Å². The maximum absolute atomic E-state index is 12.3. The molecule has 0 spiro atoms. The summed E-state index contributed by atoms with van der Waals surface area (Å²) in [5, 5.41) is 4.22. The Morgan fingerprint density at radius 3 is 2.79 bits per heavy atom. The summed E-state index contributed by atoms with van der Waals surface area (Å²) in [5.41, 5.74) is 0.955. The summed E-state index contributed by atoms with van der Waals surface area (Å²) in [6.45, 7) is 0. The van der Waals surface area contributed by atoms with Crippen LogP contribution in [0.25, 0.3) is 10.9 Å². The fourth-order valence-corrected chi connectivity index (χ4v) is 3.16. The Morgan fingerprint density at radius 1 is 1.21 bits per heavy atom. The van der Waals surface area contributed by atoms with E-state index in [1.54, 1.807) is 4.57 Å². The number of hydrogen-bond acceptors (Lipinski definition) is 1. The van der Waals surface area contributed by atoms with Crippen LogP contribution < -0.4 is 5.32 Å². The fraction of sp³-hybridized carbons (Fsp3) is 0.400. The van der Waals surface area contributed by atoms with E-state index in [1.165, 1.54) is 19.3 Å². The Labute approximate surface area is 121 Å². The molecule has 0 radical (unpaired) electrons. The summed E-state index contributed by atoms with van der Waals surface area (Å²) >= 11 is 3.45. The van der Waals surface area contributed by atoms with Crippen LogP contribution in [0.4, 0.5) is 4.79 Å². The number of halogens is 1. The van der Waals surface area contributed by atoms with Crippen LogP contribution in [0.3, 0.4) is 0 Å². The molecule has 0 aliphatic heterocycles. The quantitative estimate of drug-likeness (QED) is 0.835. The minimum Gasteiger partial charge on any atom is -0.335 e. The average Bonchev–Trinajstić information content (AvgIpc) is 2.82. The molecule has 0 unspecified atom stereocenters. The molecule has 0 atom stereocenters. The van der Waals surface area contributed by atoms with E-state index in [1.807, 2.05) is 30.5 Å². The van der Waals surface area contributed by atoms with E-state index >= 15 is 0 Å². The molecule has 3 nitrogen and oxygen atoms in total. The number of fused-ring (bicyclic) bond motifs is 1. The van der Waals surface area contributed by atoms with E-state index < -0.39 is 0 Å². The first-order valence-electron chi connectivity index (χ1n) is 6.81. The van der Waals surface area contributed by atoms with Crippen LogP contribution in [-0.2, 0) is 0 Å². The molecule has 1 aliphatic carbocycles. The lowest BCUT2D eigenvalue weighted by Gasteiger charge is -2.22. The second kappa shape index (κ2) is 5.37. The van der Waals surface area contributed by atoms with Gasteiger partial charge >= 0.3 is 6.03 Å². The van der Waals surface area contributed by atoms with Gasteiger partial charge in [-0.15, -0.1) is 0 Å². The molecule has 1 aromatic heterocycles. The Morgan fingerprint density at radius 2 is 2.00 bits per heavy atom. The molecule has 1 fully saturated rings. The summed E-state index contributed by atoms with van der Waals surface area (Å²) in [5.74, 6) is 0. The number of rotatable bonds is 1. The topological polar surface area (TPSA) is 34.0 Å². The Kier molecular flexibility index (Phi) is 3.60. The molecule has 1 amide bonds. The van der Waals surface area contributed by atoms with Gasteiger partial charge in [0, 0.05) is 22.1 Å². The van der Waals surface area contributed by atoms with Crippen molar-refractivity contribution < 1.29 is 4.79 Å². The summed E-state index contributed by atoms with van der Waals surface area (Å²) in [6.07, 6.45) is 7.81. The van der Waals surface area contributed by atoms with Crippen molar-refractivity contribution in [2.75, 3.05) is 0 Å². The number of nitrogens with zero attached hydrogens (tertiary/aromatic N) is 1. The molecule has 0 saturated heterocycles. The van der Waals surface area contributed by atoms with Gasteiger partial charge in [-0.1, -0.05) is 35.2 Å². The normalized spacial score (nSPS) is 16.7.